The second kappa shape index (κ2) is 5.22. The molecule has 110 valence electrons. The van der Waals surface area contributed by atoms with Crippen LogP contribution in [0.25, 0.3) is 0 Å². The Hall–Kier alpha value is -2.53. The van der Waals surface area contributed by atoms with Crippen LogP contribution in [0.15, 0.2) is 6.20 Å². The summed E-state index contributed by atoms with van der Waals surface area (Å²) in [6.45, 7) is 0. The highest BCUT2D eigenvalue weighted by atomic mass is 19.4. The van der Waals surface area contributed by atoms with Gasteiger partial charge in [-0.2, -0.15) is 0 Å². The van der Waals surface area contributed by atoms with Crippen molar-refractivity contribution in [2.45, 2.75) is 12.8 Å². The zero-order valence-electron chi connectivity index (χ0n) is 9.02. The van der Waals surface area contributed by atoms with Gasteiger partial charge in [-0.1, -0.05) is 0 Å². The second-order valence-corrected chi connectivity index (χ2v) is 3.14. The average molecular weight is 302 g/mol. The minimum atomic E-state index is -5.39. The largest absolute Gasteiger partial charge is 0.573 e. The van der Waals surface area contributed by atoms with Gasteiger partial charge in [0.05, 0.1) is 11.1 Å². The Balaban J connectivity index is 3.61. The fourth-order valence-corrected chi connectivity index (χ4v) is 1.26. The van der Waals surface area contributed by atoms with Crippen LogP contribution in [-0.2, 0) is 0 Å². The van der Waals surface area contributed by atoms with Crippen LogP contribution >= 0.6 is 0 Å². The number of nitrogens with zero attached hydrogens (tertiary/aromatic N) is 2. The van der Waals surface area contributed by atoms with Crippen molar-refractivity contribution in [1.82, 2.24) is 4.98 Å². The first-order valence-electron chi connectivity index (χ1n) is 4.49. The van der Waals surface area contributed by atoms with E-state index < -0.39 is 46.4 Å². The van der Waals surface area contributed by atoms with Crippen molar-refractivity contribution < 1.29 is 41.5 Å². The summed E-state index contributed by atoms with van der Waals surface area (Å²) in [6, 6.07) is 0. The van der Waals surface area contributed by atoms with Crippen LogP contribution in [0.2, 0.25) is 0 Å². The lowest BCUT2D eigenvalue weighted by Crippen LogP contribution is -2.19. The van der Waals surface area contributed by atoms with E-state index in [-0.39, 0.29) is 6.20 Å². The molecule has 0 atom stereocenters. The first kappa shape index (κ1) is 15.5. The summed E-state index contributed by atoms with van der Waals surface area (Å²) in [5, 5.41) is 19.2. The Morgan fingerprint density at radius 1 is 1.45 bits per heavy atom. The maximum atomic E-state index is 12.7. The number of nitro groups is 1. The van der Waals surface area contributed by atoms with Crippen molar-refractivity contribution in [3.63, 3.8) is 0 Å². The molecule has 20 heavy (non-hydrogen) atoms. The molecule has 0 saturated heterocycles. The molecule has 0 aromatic carbocycles. The lowest BCUT2D eigenvalue weighted by molar-refractivity contribution is -0.390. The number of hydrogen-bond donors (Lipinski definition) is 1. The van der Waals surface area contributed by atoms with E-state index in [9.17, 15) is 36.9 Å². The molecule has 0 spiro atoms. The van der Waals surface area contributed by atoms with Gasteiger partial charge in [0.15, 0.2) is 5.69 Å². The van der Waals surface area contributed by atoms with Crippen molar-refractivity contribution in [3.05, 3.63) is 27.6 Å². The number of carboxylic acid groups (broad SMARTS) is 1. The molecule has 0 aliphatic rings. The SMILES string of the molecule is O=C(O)c1ncc(OC(F)(F)F)c([N+](=O)[O-])c1C(F)F. The van der Waals surface area contributed by atoms with Gasteiger partial charge in [0.2, 0.25) is 5.75 Å². The maximum absolute atomic E-state index is 12.7. The zero-order valence-corrected chi connectivity index (χ0v) is 9.02. The predicted octanol–water partition coefficient (Wildman–Crippen LogP) is 2.52. The molecule has 0 fully saturated rings. The van der Waals surface area contributed by atoms with Gasteiger partial charge in [0.25, 0.3) is 6.43 Å². The standard InChI is InChI=1S/C8H3F5N2O5/c9-6(10)3-4(7(16)17)14-1-2(5(3)15(18)19)20-8(11,12)13/h1,6H,(H,16,17). The van der Waals surface area contributed by atoms with Crippen LogP contribution in [0.4, 0.5) is 27.6 Å². The van der Waals surface area contributed by atoms with Gasteiger partial charge in [-0.25, -0.2) is 18.6 Å². The van der Waals surface area contributed by atoms with Gasteiger partial charge in [0.1, 0.15) is 5.56 Å². The molecular weight excluding hydrogens is 299 g/mol. The lowest BCUT2D eigenvalue weighted by Gasteiger charge is -2.12. The molecule has 1 aromatic rings. The van der Waals surface area contributed by atoms with E-state index in [1.165, 1.54) is 0 Å². The van der Waals surface area contributed by atoms with Crippen molar-refractivity contribution >= 4 is 11.7 Å². The fourth-order valence-electron chi connectivity index (χ4n) is 1.26. The van der Waals surface area contributed by atoms with Crippen LogP contribution < -0.4 is 4.74 Å². The number of halogens is 5. The van der Waals surface area contributed by atoms with E-state index in [1.54, 1.807) is 0 Å². The molecule has 1 aromatic heterocycles. The first-order valence-corrected chi connectivity index (χ1v) is 4.49. The summed E-state index contributed by atoms with van der Waals surface area (Å²) in [5.74, 6) is -3.68. The zero-order chi connectivity index (χ0) is 15.7. The number of carboxylic acids is 1. The van der Waals surface area contributed by atoms with Gasteiger partial charge in [-0.15, -0.1) is 13.2 Å². The normalized spacial score (nSPS) is 11.5. The van der Waals surface area contributed by atoms with Crippen LogP contribution in [0, 0.1) is 10.1 Å². The van der Waals surface area contributed by atoms with E-state index in [2.05, 4.69) is 9.72 Å². The number of aromatic carboxylic acids is 1. The van der Waals surface area contributed by atoms with E-state index in [4.69, 9.17) is 5.11 Å². The Morgan fingerprint density at radius 2 is 2.00 bits per heavy atom. The lowest BCUT2D eigenvalue weighted by atomic mass is 10.1. The molecule has 1 N–H and O–H groups in total. The molecule has 1 rings (SSSR count). The van der Waals surface area contributed by atoms with Crippen molar-refractivity contribution in [3.8, 4) is 5.75 Å². The van der Waals surface area contributed by atoms with Crippen molar-refractivity contribution in [2.24, 2.45) is 0 Å². The third kappa shape index (κ3) is 3.27. The highest BCUT2D eigenvalue weighted by Crippen LogP contribution is 2.40. The van der Waals surface area contributed by atoms with Gasteiger partial charge >= 0.3 is 18.0 Å². The summed E-state index contributed by atoms with van der Waals surface area (Å²) < 4.78 is 64.5. The van der Waals surface area contributed by atoms with Crippen LogP contribution in [0.3, 0.4) is 0 Å². The number of carbonyl (C=O) groups is 1. The Bertz CT molecular complexity index is 559. The van der Waals surface area contributed by atoms with E-state index >= 15 is 0 Å². The number of hydrogen-bond acceptors (Lipinski definition) is 5. The molecule has 0 aliphatic carbocycles. The molecule has 0 radical (unpaired) electrons. The maximum Gasteiger partial charge on any atom is 0.573 e. The van der Waals surface area contributed by atoms with Gasteiger partial charge in [-0.3, -0.25) is 10.1 Å². The molecule has 0 unspecified atom stereocenters. The number of aromatic nitrogens is 1. The van der Waals surface area contributed by atoms with Gasteiger partial charge in [0, 0.05) is 0 Å². The summed E-state index contributed by atoms with van der Waals surface area (Å²) in [6.07, 6.45) is -9.08. The minimum Gasteiger partial charge on any atom is -0.476 e. The molecule has 1 heterocycles. The minimum absolute atomic E-state index is 0.0426. The van der Waals surface area contributed by atoms with Crippen molar-refractivity contribution in [1.29, 1.82) is 0 Å². The quantitative estimate of drug-likeness (QED) is 0.521. The third-order valence-electron chi connectivity index (χ3n) is 1.88. The first-order chi connectivity index (χ1) is 9.04. The van der Waals surface area contributed by atoms with Crippen LogP contribution in [-0.4, -0.2) is 27.3 Å². The summed E-state index contributed by atoms with van der Waals surface area (Å²) in [5.41, 5.74) is -4.99. The number of alkyl halides is 5. The second-order valence-electron chi connectivity index (χ2n) is 3.14. The summed E-state index contributed by atoms with van der Waals surface area (Å²) >= 11 is 0. The monoisotopic (exact) mass is 302 g/mol. The Morgan fingerprint density at radius 3 is 2.35 bits per heavy atom. The van der Waals surface area contributed by atoms with E-state index in [0.717, 1.165) is 0 Å². The van der Waals surface area contributed by atoms with Crippen molar-refractivity contribution in [2.75, 3.05) is 0 Å². The number of rotatable bonds is 4. The molecule has 0 aliphatic heterocycles. The topological polar surface area (TPSA) is 103 Å². The highest BCUT2D eigenvalue weighted by molar-refractivity contribution is 5.89. The van der Waals surface area contributed by atoms with Gasteiger partial charge in [-0.05, 0) is 0 Å². The molecule has 0 saturated carbocycles. The Labute approximate surface area is 105 Å². The fraction of sp³-hybridized carbons (Fsp3) is 0.250. The van der Waals surface area contributed by atoms with E-state index in [0.29, 0.717) is 0 Å². The Kier molecular flexibility index (Phi) is 4.06. The van der Waals surface area contributed by atoms with E-state index in [1.807, 2.05) is 0 Å². The third-order valence-corrected chi connectivity index (χ3v) is 1.88. The molecule has 12 heteroatoms. The number of ether oxygens (including phenoxy) is 1. The van der Waals surface area contributed by atoms with Crippen LogP contribution in [0.1, 0.15) is 22.5 Å². The van der Waals surface area contributed by atoms with Gasteiger partial charge < -0.3 is 9.84 Å². The summed E-state index contributed by atoms with van der Waals surface area (Å²) in [4.78, 5) is 22.4. The molecule has 0 amide bonds. The molecular formula is C8H3F5N2O5. The smallest absolute Gasteiger partial charge is 0.476 e. The van der Waals surface area contributed by atoms with Crippen LogP contribution in [0.5, 0.6) is 5.75 Å². The average Bonchev–Trinajstić information content (AvgIpc) is 2.24. The predicted molar refractivity (Wildman–Crippen MR) is 49.5 cm³/mol. The number of pyridine rings is 1. The molecule has 7 nitrogen and oxygen atoms in total. The summed E-state index contributed by atoms with van der Waals surface area (Å²) in [7, 11) is 0. The molecule has 0 bridgehead atoms. The highest BCUT2D eigenvalue weighted by Gasteiger charge is 2.39.